The first-order chi connectivity index (χ1) is 6.53. The summed E-state index contributed by atoms with van der Waals surface area (Å²) in [7, 11) is 0. The van der Waals surface area contributed by atoms with Crippen LogP contribution in [0.5, 0.6) is 0 Å². The number of hydrogen-bond donors (Lipinski definition) is 4. The minimum atomic E-state index is -2.06. The van der Waals surface area contributed by atoms with Gasteiger partial charge in [-0.25, -0.2) is 0 Å². The van der Waals surface area contributed by atoms with Gasteiger partial charge in [0.15, 0.2) is 0 Å². The topological polar surface area (TPSA) is 90.2 Å². The lowest BCUT2D eigenvalue weighted by Crippen LogP contribution is -2.59. The number of hydrogen-bond acceptors (Lipinski definition) is 5. The average Bonchev–Trinajstić information content (AvgIpc) is 2.15. The van der Waals surface area contributed by atoms with Gasteiger partial charge in [-0.3, -0.25) is 0 Å². The molecule has 0 amide bonds. The Hall–Kier alpha value is -0.460. The third-order valence-corrected chi connectivity index (χ3v) is 2.36. The van der Waals surface area contributed by atoms with E-state index in [2.05, 4.69) is 6.58 Å². The second kappa shape index (κ2) is 4.37. The molecule has 0 aromatic carbocycles. The van der Waals surface area contributed by atoms with E-state index in [-0.39, 0.29) is 6.42 Å². The lowest BCUT2D eigenvalue weighted by Gasteiger charge is -2.42. The fourth-order valence-corrected chi connectivity index (χ4v) is 1.57. The molecule has 1 saturated heterocycles. The summed E-state index contributed by atoms with van der Waals surface area (Å²) in [5.41, 5.74) is 0. The van der Waals surface area contributed by atoms with E-state index in [9.17, 15) is 15.3 Å². The van der Waals surface area contributed by atoms with Crippen LogP contribution in [0.15, 0.2) is 12.7 Å². The summed E-state index contributed by atoms with van der Waals surface area (Å²) in [5, 5.41) is 37.2. The highest BCUT2D eigenvalue weighted by Crippen LogP contribution is 2.28. The Morgan fingerprint density at radius 1 is 1.50 bits per heavy atom. The molecule has 1 rings (SSSR count). The molecule has 0 spiro atoms. The van der Waals surface area contributed by atoms with E-state index in [0.717, 1.165) is 0 Å². The summed E-state index contributed by atoms with van der Waals surface area (Å²) in [5.74, 6) is -2.06. The van der Waals surface area contributed by atoms with E-state index in [1.54, 1.807) is 6.08 Å². The third-order valence-electron chi connectivity index (χ3n) is 2.36. The first-order valence-corrected chi connectivity index (χ1v) is 4.51. The van der Waals surface area contributed by atoms with Crippen molar-refractivity contribution in [2.75, 3.05) is 6.61 Å². The van der Waals surface area contributed by atoms with Gasteiger partial charge in [0.2, 0.25) is 5.79 Å². The summed E-state index contributed by atoms with van der Waals surface area (Å²) in [6, 6.07) is 0. The zero-order chi connectivity index (χ0) is 10.8. The van der Waals surface area contributed by atoms with E-state index in [0.29, 0.717) is 6.42 Å². The first-order valence-electron chi connectivity index (χ1n) is 4.51. The van der Waals surface area contributed by atoms with Gasteiger partial charge in [0.1, 0.15) is 6.10 Å². The maximum absolute atomic E-state index is 9.60. The smallest absolute Gasteiger partial charge is 0.218 e. The molecular weight excluding hydrogens is 188 g/mol. The highest BCUT2D eigenvalue weighted by molar-refractivity contribution is 4.92. The minimum Gasteiger partial charge on any atom is -0.391 e. The van der Waals surface area contributed by atoms with Gasteiger partial charge < -0.3 is 25.2 Å². The van der Waals surface area contributed by atoms with E-state index in [1.165, 1.54) is 0 Å². The van der Waals surface area contributed by atoms with E-state index < -0.39 is 30.7 Å². The van der Waals surface area contributed by atoms with E-state index >= 15 is 0 Å². The summed E-state index contributed by atoms with van der Waals surface area (Å²) in [4.78, 5) is 0. The summed E-state index contributed by atoms with van der Waals surface area (Å²) in [6.45, 7) is 2.75. The Balaban J connectivity index is 2.71. The highest BCUT2D eigenvalue weighted by atomic mass is 16.7. The molecule has 5 heteroatoms. The molecule has 0 radical (unpaired) electrons. The van der Waals surface area contributed by atoms with Crippen molar-refractivity contribution in [2.45, 2.75) is 36.9 Å². The van der Waals surface area contributed by atoms with Crippen molar-refractivity contribution in [1.82, 2.24) is 0 Å². The SMILES string of the molecule is C=CC[C@@H]1C[C@@H](O)[C@H](O)[C@](O)(CO)O1. The van der Waals surface area contributed by atoms with Gasteiger partial charge in [0, 0.05) is 6.42 Å². The Labute approximate surface area is 82.3 Å². The standard InChI is InChI=1S/C9H16O5/c1-2-3-6-4-7(11)8(12)9(13,5-10)14-6/h2,6-8,10-13H,1,3-5H2/t6-,7-,8+,9+/m1/s1. The first kappa shape index (κ1) is 11.6. The normalized spacial score (nSPS) is 43.6. The predicted molar refractivity (Wildman–Crippen MR) is 48.4 cm³/mol. The monoisotopic (exact) mass is 204 g/mol. The molecule has 14 heavy (non-hydrogen) atoms. The van der Waals surface area contributed by atoms with Crippen molar-refractivity contribution in [3.8, 4) is 0 Å². The maximum atomic E-state index is 9.60. The second-order valence-corrected chi connectivity index (χ2v) is 3.52. The quantitative estimate of drug-likeness (QED) is 0.431. The van der Waals surface area contributed by atoms with Crippen LogP contribution >= 0.6 is 0 Å². The van der Waals surface area contributed by atoms with Gasteiger partial charge in [-0.1, -0.05) is 6.08 Å². The Bertz CT molecular complexity index is 207. The molecule has 1 aliphatic rings. The van der Waals surface area contributed by atoms with Crippen molar-refractivity contribution >= 4 is 0 Å². The van der Waals surface area contributed by atoms with Crippen LogP contribution in [0.2, 0.25) is 0 Å². The molecule has 1 aliphatic heterocycles. The zero-order valence-corrected chi connectivity index (χ0v) is 7.83. The molecule has 0 unspecified atom stereocenters. The van der Waals surface area contributed by atoms with Gasteiger partial charge >= 0.3 is 0 Å². The van der Waals surface area contributed by atoms with Crippen LogP contribution < -0.4 is 0 Å². The lowest BCUT2D eigenvalue weighted by atomic mass is 9.94. The molecule has 82 valence electrons. The number of aliphatic hydroxyl groups excluding tert-OH is 3. The maximum Gasteiger partial charge on any atom is 0.218 e. The van der Waals surface area contributed by atoms with Gasteiger partial charge in [0.05, 0.1) is 18.8 Å². The minimum absolute atomic E-state index is 0.218. The summed E-state index contributed by atoms with van der Waals surface area (Å²) >= 11 is 0. The van der Waals surface area contributed by atoms with Crippen LogP contribution in [0.3, 0.4) is 0 Å². The van der Waals surface area contributed by atoms with Gasteiger partial charge in [0.25, 0.3) is 0 Å². The molecule has 5 nitrogen and oxygen atoms in total. The fourth-order valence-electron chi connectivity index (χ4n) is 1.57. The van der Waals surface area contributed by atoms with Crippen LogP contribution in [0.25, 0.3) is 0 Å². The molecule has 0 aromatic rings. The number of ether oxygens (including phenoxy) is 1. The summed E-state index contributed by atoms with van der Waals surface area (Å²) in [6.07, 6.45) is -0.739. The molecule has 4 N–H and O–H groups in total. The molecule has 1 fully saturated rings. The van der Waals surface area contributed by atoms with Crippen molar-refractivity contribution in [3.63, 3.8) is 0 Å². The third kappa shape index (κ3) is 2.13. The van der Waals surface area contributed by atoms with Crippen LogP contribution in [-0.4, -0.2) is 51.1 Å². The number of aliphatic hydroxyl groups is 4. The van der Waals surface area contributed by atoms with Crippen LogP contribution in [-0.2, 0) is 4.74 Å². The largest absolute Gasteiger partial charge is 0.391 e. The lowest BCUT2D eigenvalue weighted by molar-refractivity contribution is -0.332. The predicted octanol–water partition coefficient (Wildman–Crippen LogP) is -1.25. The van der Waals surface area contributed by atoms with Crippen LogP contribution in [0, 0.1) is 0 Å². The van der Waals surface area contributed by atoms with Gasteiger partial charge in [-0.05, 0) is 6.42 Å². The van der Waals surface area contributed by atoms with Crippen molar-refractivity contribution in [1.29, 1.82) is 0 Å². The van der Waals surface area contributed by atoms with Crippen molar-refractivity contribution in [3.05, 3.63) is 12.7 Å². The molecule has 1 heterocycles. The molecular formula is C9H16O5. The van der Waals surface area contributed by atoms with Crippen LogP contribution in [0.4, 0.5) is 0 Å². The van der Waals surface area contributed by atoms with Crippen molar-refractivity contribution < 1.29 is 25.2 Å². The number of rotatable bonds is 3. The molecule has 0 aliphatic carbocycles. The van der Waals surface area contributed by atoms with E-state index in [1.807, 2.05) is 0 Å². The molecule has 4 atom stereocenters. The fraction of sp³-hybridized carbons (Fsp3) is 0.778. The molecule has 0 aromatic heterocycles. The van der Waals surface area contributed by atoms with Crippen molar-refractivity contribution in [2.24, 2.45) is 0 Å². The van der Waals surface area contributed by atoms with Gasteiger partial charge in [-0.2, -0.15) is 0 Å². The highest BCUT2D eigenvalue weighted by Gasteiger charge is 2.47. The zero-order valence-electron chi connectivity index (χ0n) is 7.83. The molecule has 0 saturated carbocycles. The Morgan fingerprint density at radius 2 is 2.14 bits per heavy atom. The Kier molecular flexibility index (Phi) is 3.63. The van der Waals surface area contributed by atoms with E-state index in [4.69, 9.17) is 9.84 Å². The average molecular weight is 204 g/mol. The molecule has 0 bridgehead atoms. The Morgan fingerprint density at radius 3 is 2.64 bits per heavy atom. The second-order valence-electron chi connectivity index (χ2n) is 3.52. The van der Waals surface area contributed by atoms with Gasteiger partial charge in [-0.15, -0.1) is 6.58 Å². The summed E-state index contributed by atoms with van der Waals surface area (Å²) < 4.78 is 5.07. The van der Waals surface area contributed by atoms with Crippen LogP contribution in [0.1, 0.15) is 12.8 Å².